The minimum atomic E-state index is -0.126. The zero-order chi connectivity index (χ0) is 18.0. The molecule has 128 valence electrons. The van der Waals surface area contributed by atoms with Crippen molar-refractivity contribution in [2.75, 3.05) is 19.5 Å². The third-order valence-electron chi connectivity index (χ3n) is 3.87. The molecule has 1 heterocycles. The summed E-state index contributed by atoms with van der Waals surface area (Å²) in [5.41, 5.74) is 2.17. The van der Waals surface area contributed by atoms with Crippen LogP contribution in [-0.2, 0) is 4.79 Å². The zero-order valence-corrected chi connectivity index (χ0v) is 14.2. The molecule has 6 nitrogen and oxygen atoms in total. The number of carbonyl (C=O) groups excluding carboxylic acids is 1. The second-order valence-electron chi connectivity index (χ2n) is 5.50. The molecule has 0 unspecified atom stereocenters. The number of fused-ring (bicyclic) bond motifs is 1. The molecule has 0 aliphatic heterocycles. The van der Waals surface area contributed by atoms with Crippen LogP contribution in [0.4, 0.5) is 5.69 Å². The van der Waals surface area contributed by atoms with E-state index in [-0.39, 0.29) is 11.3 Å². The van der Waals surface area contributed by atoms with Gasteiger partial charge in [-0.3, -0.25) is 9.59 Å². The van der Waals surface area contributed by atoms with E-state index in [1.807, 2.05) is 16.7 Å². The van der Waals surface area contributed by atoms with Crippen LogP contribution >= 0.6 is 0 Å². The molecule has 1 aromatic heterocycles. The first-order valence-electron chi connectivity index (χ1n) is 7.69. The lowest BCUT2D eigenvalue weighted by molar-refractivity contribution is -0.114. The summed E-state index contributed by atoms with van der Waals surface area (Å²) in [7, 11) is 3.09. The van der Waals surface area contributed by atoms with Crippen LogP contribution in [0.1, 0.15) is 6.92 Å². The molecule has 0 aliphatic carbocycles. The van der Waals surface area contributed by atoms with Crippen molar-refractivity contribution in [3.8, 4) is 17.2 Å². The van der Waals surface area contributed by atoms with Gasteiger partial charge in [0.1, 0.15) is 0 Å². The van der Waals surface area contributed by atoms with E-state index in [0.717, 1.165) is 5.69 Å². The van der Waals surface area contributed by atoms with Gasteiger partial charge in [-0.1, -0.05) is 0 Å². The van der Waals surface area contributed by atoms with Crippen molar-refractivity contribution in [2.24, 2.45) is 0 Å². The molecule has 0 radical (unpaired) electrons. The number of hydrogen-bond donors (Lipinski definition) is 1. The fraction of sp³-hybridized carbons (Fsp3) is 0.158. The van der Waals surface area contributed by atoms with Crippen molar-refractivity contribution in [1.29, 1.82) is 0 Å². The summed E-state index contributed by atoms with van der Waals surface area (Å²) in [6.07, 6.45) is 1.71. The first kappa shape index (κ1) is 16.6. The number of hydrogen-bond acceptors (Lipinski definition) is 4. The number of rotatable bonds is 4. The van der Waals surface area contributed by atoms with Crippen LogP contribution in [0.3, 0.4) is 0 Å². The van der Waals surface area contributed by atoms with Crippen LogP contribution in [0, 0.1) is 0 Å². The van der Waals surface area contributed by atoms with Gasteiger partial charge in [-0.15, -0.1) is 0 Å². The maximum atomic E-state index is 12.2. The average molecular weight is 338 g/mol. The van der Waals surface area contributed by atoms with E-state index in [1.54, 1.807) is 37.6 Å². The molecule has 1 N–H and O–H groups in total. The fourth-order valence-electron chi connectivity index (χ4n) is 2.71. The Labute approximate surface area is 144 Å². The Bertz CT molecular complexity index is 991. The average Bonchev–Trinajstić information content (AvgIpc) is 2.61. The Hall–Kier alpha value is -3.28. The number of carbonyl (C=O) groups is 1. The van der Waals surface area contributed by atoms with E-state index >= 15 is 0 Å². The zero-order valence-electron chi connectivity index (χ0n) is 14.2. The van der Waals surface area contributed by atoms with E-state index in [9.17, 15) is 9.59 Å². The number of anilines is 1. The first-order valence-corrected chi connectivity index (χ1v) is 7.69. The summed E-state index contributed by atoms with van der Waals surface area (Å²) in [5.74, 6) is 0.925. The summed E-state index contributed by atoms with van der Waals surface area (Å²) in [6, 6.07) is 12.3. The molecule has 0 saturated heterocycles. The van der Waals surface area contributed by atoms with Gasteiger partial charge in [-0.2, -0.15) is 0 Å². The molecular weight excluding hydrogens is 320 g/mol. The number of amides is 1. The van der Waals surface area contributed by atoms with E-state index in [1.165, 1.54) is 20.1 Å². The van der Waals surface area contributed by atoms with Crippen molar-refractivity contribution >= 4 is 22.5 Å². The third kappa shape index (κ3) is 3.19. The second kappa shape index (κ2) is 6.68. The number of methoxy groups -OCH3 is 2. The SMILES string of the molecule is COc1cc2c(=O)ccn(-c3ccc(NC(C)=O)cc3)c2cc1OC. The minimum absolute atomic E-state index is 0.0953. The maximum Gasteiger partial charge on any atom is 0.221 e. The molecule has 0 aliphatic rings. The van der Waals surface area contributed by atoms with Crippen molar-refractivity contribution in [3.05, 3.63) is 58.9 Å². The number of benzene rings is 2. The highest BCUT2D eigenvalue weighted by atomic mass is 16.5. The van der Waals surface area contributed by atoms with Crippen LogP contribution in [0.2, 0.25) is 0 Å². The Morgan fingerprint density at radius 2 is 1.64 bits per heavy atom. The molecule has 6 heteroatoms. The van der Waals surface area contributed by atoms with E-state index < -0.39 is 0 Å². The molecule has 3 rings (SSSR count). The van der Waals surface area contributed by atoms with Gasteiger partial charge in [-0.25, -0.2) is 0 Å². The first-order chi connectivity index (χ1) is 12.0. The second-order valence-corrected chi connectivity index (χ2v) is 5.50. The molecule has 2 aromatic carbocycles. The van der Waals surface area contributed by atoms with Gasteiger partial charge in [0.05, 0.1) is 19.7 Å². The molecule has 0 bridgehead atoms. The normalized spacial score (nSPS) is 10.5. The highest BCUT2D eigenvalue weighted by Gasteiger charge is 2.11. The Kier molecular flexibility index (Phi) is 4.43. The van der Waals surface area contributed by atoms with Gasteiger partial charge in [-0.05, 0) is 30.3 Å². The number of nitrogens with zero attached hydrogens (tertiary/aromatic N) is 1. The summed E-state index contributed by atoms with van der Waals surface area (Å²) in [6.45, 7) is 1.46. The monoisotopic (exact) mass is 338 g/mol. The summed E-state index contributed by atoms with van der Waals surface area (Å²) >= 11 is 0. The van der Waals surface area contributed by atoms with Gasteiger partial charge in [0.2, 0.25) is 5.91 Å². The van der Waals surface area contributed by atoms with Gasteiger partial charge in [0.15, 0.2) is 16.9 Å². The van der Waals surface area contributed by atoms with Gasteiger partial charge >= 0.3 is 0 Å². The van der Waals surface area contributed by atoms with Crippen LogP contribution in [0.5, 0.6) is 11.5 Å². The molecular formula is C19H18N2O4. The lowest BCUT2D eigenvalue weighted by atomic mass is 10.1. The van der Waals surface area contributed by atoms with Crippen LogP contribution in [0.25, 0.3) is 16.6 Å². The predicted molar refractivity (Wildman–Crippen MR) is 97.0 cm³/mol. The highest BCUT2D eigenvalue weighted by Crippen LogP contribution is 2.31. The number of nitrogens with one attached hydrogen (secondary N) is 1. The van der Waals surface area contributed by atoms with Crippen molar-refractivity contribution in [2.45, 2.75) is 6.92 Å². The van der Waals surface area contributed by atoms with Gasteiger partial charge in [0, 0.05) is 42.0 Å². The van der Waals surface area contributed by atoms with E-state index in [4.69, 9.17) is 9.47 Å². The molecule has 1 amide bonds. The highest BCUT2D eigenvalue weighted by molar-refractivity contribution is 5.89. The summed E-state index contributed by atoms with van der Waals surface area (Å²) < 4.78 is 12.5. The van der Waals surface area contributed by atoms with Crippen molar-refractivity contribution in [3.63, 3.8) is 0 Å². The molecule has 0 atom stereocenters. The third-order valence-corrected chi connectivity index (χ3v) is 3.87. The Morgan fingerprint density at radius 3 is 2.24 bits per heavy atom. The number of ether oxygens (including phenoxy) is 2. The smallest absolute Gasteiger partial charge is 0.221 e. The number of pyridine rings is 1. The van der Waals surface area contributed by atoms with E-state index in [0.29, 0.717) is 28.1 Å². The largest absolute Gasteiger partial charge is 0.493 e. The fourth-order valence-corrected chi connectivity index (χ4v) is 2.71. The standard InChI is InChI=1S/C19H18N2O4/c1-12(22)20-13-4-6-14(7-5-13)21-9-8-17(23)15-10-18(24-2)19(25-3)11-16(15)21/h4-11H,1-3H3,(H,20,22). The van der Waals surface area contributed by atoms with E-state index in [2.05, 4.69) is 5.32 Å². The Morgan fingerprint density at radius 1 is 1.00 bits per heavy atom. The summed E-state index contributed by atoms with van der Waals surface area (Å²) in [5, 5.41) is 3.26. The predicted octanol–water partition coefficient (Wildman–Crippen LogP) is 2.97. The lowest BCUT2D eigenvalue weighted by Crippen LogP contribution is -2.08. The van der Waals surface area contributed by atoms with Crippen molar-refractivity contribution in [1.82, 2.24) is 4.57 Å². The van der Waals surface area contributed by atoms with Crippen LogP contribution < -0.4 is 20.2 Å². The van der Waals surface area contributed by atoms with Gasteiger partial charge in [0.25, 0.3) is 0 Å². The van der Waals surface area contributed by atoms with Gasteiger partial charge < -0.3 is 19.4 Å². The van der Waals surface area contributed by atoms with Crippen molar-refractivity contribution < 1.29 is 14.3 Å². The lowest BCUT2D eigenvalue weighted by Gasteiger charge is -2.14. The molecule has 0 saturated carbocycles. The van der Waals surface area contributed by atoms with Crippen LogP contribution in [0.15, 0.2) is 53.5 Å². The molecule has 0 fully saturated rings. The molecule has 3 aromatic rings. The number of aromatic nitrogens is 1. The quantitative estimate of drug-likeness (QED) is 0.794. The summed E-state index contributed by atoms with van der Waals surface area (Å²) in [4.78, 5) is 23.4. The minimum Gasteiger partial charge on any atom is -0.493 e. The topological polar surface area (TPSA) is 69.6 Å². The van der Waals surface area contributed by atoms with Crippen LogP contribution in [-0.4, -0.2) is 24.7 Å². The Balaban J connectivity index is 2.17. The molecule has 0 spiro atoms. The maximum absolute atomic E-state index is 12.2. The molecule has 25 heavy (non-hydrogen) atoms.